The molecule has 0 saturated heterocycles. The average molecular weight is 353 g/mol. The maximum atomic E-state index is 14.0. The molecule has 130 valence electrons. The van der Waals surface area contributed by atoms with Crippen molar-refractivity contribution in [3.8, 4) is 5.69 Å². The summed E-state index contributed by atoms with van der Waals surface area (Å²) in [7, 11) is -3.54. The Hall–Kier alpha value is -2.19. The van der Waals surface area contributed by atoms with Gasteiger partial charge in [-0.25, -0.2) is 17.9 Å². The fourth-order valence-electron chi connectivity index (χ4n) is 2.57. The van der Waals surface area contributed by atoms with Gasteiger partial charge in [0.15, 0.2) is 0 Å². The van der Waals surface area contributed by atoms with E-state index in [1.807, 2.05) is 0 Å². The number of hydrogen-bond acceptors (Lipinski definition) is 3. The number of para-hydroxylation sites is 1. The minimum absolute atomic E-state index is 0.193. The van der Waals surface area contributed by atoms with Crippen LogP contribution in [0.2, 0.25) is 0 Å². The Morgan fingerprint density at radius 3 is 2.58 bits per heavy atom. The molecule has 24 heavy (non-hydrogen) atoms. The number of nitrogens with two attached hydrogens (primary N) is 1. The zero-order valence-corrected chi connectivity index (χ0v) is 14.4. The minimum atomic E-state index is -3.54. The molecular formula is C16H20FN3O3S. The van der Waals surface area contributed by atoms with E-state index in [1.54, 1.807) is 42.7 Å². The second kappa shape index (κ2) is 7.14. The molecule has 0 saturated carbocycles. The van der Waals surface area contributed by atoms with Crippen molar-refractivity contribution in [3.05, 3.63) is 53.1 Å². The number of hydrogen-bond donors (Lipinski definition) is 2. The summed E-state index contributed by atoms with van der Waals surface area (Å²) in [6, 6.07) is 8.01. The summed E-state index contributed by atoms with van der Waals surface area (Å²) in [5, 5.41) is 7.56. The van der Waals surface area contributed by atoms with Crippen LogP contribution in [0.3, 0.4) is 0 Å². The van der Waals surface area contributed by atoms with Gasteiger partial charge in [0.2, 0.25) is 10.0 Å². The third-order valence-electron chi connectivity index (χ3n) is 3.66. The molecule has 0 radical (unpaired) electrons. The van der Waals surface area contributed by atoms with Crippen molar-refractivity contribution in [1.29, 1.82) is 0 Å². The molecule has 1 aromatic heterocycles. The number of aryl methyl sites for hydroxylation is 1. The van der Waals surface area contributed by atoms with Crippen LogP contribution in [-0.2, 0) is 10.0 Å². The second-order valence-electron chi connectivity index (χ2n) is 5.55. The van der Waals surface area contributed by atoms with Crippen molar-refractivity contribution in [2.24, 2.45) is 5.14 Å². The maximum absolute atomic E-state index is 14.0. The lowest BCUT2D eigenvalue weighted by Gasteiger charge is -2.11. The number of sulfonamides is 1. The molecule has 0 aliphatic carbocycles. The predicted molar refractivity (Wildman–Crippen MR) is 90.1 cm³/mol. The van der Waals surface area contributed by atoms with Gasteiger partial charge >= 0.3 is 0 Å². The number of carbonyl (C=O) groups is 1. The van der Waals surface area contributed by atoms with Gasteiger partial charge in [0.1, 0.15) is 5.82 Å². The Labute approximate surface area is 140 Å². The van der Waals surface area contributed by atoms with E-state index in [-0.39, 0.29) is 30.4 Å². The summed E-state index contributed by atoms with van der Waals surface area (Å²) >= 11 is 0. The summed E-state index contributed by atoms with van der Waals surface area (Å²) in [6.07, 6.45) is 0.233. The minimum Gasteiger partial charge on any atom is -0.352 e. The van der Waals surface area contributed by atoms with Crippen LogP contribution >= 0.6 is 0 Å². The molecule has 1 heterocycles. The number of aromatic nitrogens is 1. The highest BCUT2D eigenvalue weighted by Gasteiger charge is 2.18. The third-order valence-corrected chi connectivity index (χ3v) is 4.52. The Balaban J connectivity index is 2.17. The molecule has 2 rings (SSSR count). The van der Waals surface area contributed by atoms with E-state index in [4.69, 9.17) is 5.14 Å². The molecule has 3 N–H and O–H groups in total. The first kappa shape index (κ1) is 18.2. The van der Waals surface area contributed by atoms with Crippen molar-refractivity contribution >= 4 is 15.9 Å². The van der Waals surface area contributed by atoms with Gasteiger partial charge < -0.3 is 9.88 Å². The Bertz CT molecular complexity index is 859. The number of halogens is 1. The average Bonchev–Trinajstić information content (AvgIpc) is 2.78. The summed E-state index contributed by atoms with van der Waals surface area (Å²) in [5.41, 5.74) is 2.14. The first-order valence-electron chi connectivity index (χ1n) is 7.43. The molecule has 6 nitrogen and oxygen atoms in total. The molecular weight excluding hydrogens is 333 g/mol. The van der Waals surface area contributed by atoms with E-state index < -0.39 is 10.0 Å². The fourth-order valence-corrected chi connectivity index (χ4v) is 3.11. The van der Waals surface area contributed by atoms with Gasteiger partial charge in [-0.3, -0.25) is 4.79 Å². The summed E-state index contributed by atoms with van der Waals surface area (Å²) in [6.45, 7) is 3.72. The number of carbonyl (C=O) groups excluding carboxylic acids is 1. The van der Waals surface area contributed by atoms with E-state index in [0.717, 1.165) is 5.69 Å². The molecule has 0 aliphatic heterocycles. The van der Waals surface area contributed by atoms with E-state index in [1.165, 1.54) is 6.07 Å². The summed E-state index contributed by atoms with van der Waals surface area (Å²) in [4.78, 5) is 12.3. The largest absolute Gasteiger partial charge is 0.352 e. The van der Waals surface area contributed by atoms with E-state index in [9.17, 15) is 17.6 Å². The van der Waals surface area contributed by atoms with Crippen LogP contribution in [0.1, 0.15) is 28.2 Å². The zero-order valence-electron chi connectivity index (χ0n) is 13.5. The first-order chi connectivity index (χ1) is 11.2. The lowest BCUT2D eigenvalue weighted by molar-refractivity contribution is 0.0953. The van der Waals surface area contributed by atoms with Gasteiger partial charge in [0, 0.05) is 17.9 Å². The fraction of sp³-hybridized carbons (Fsp3) is 0.312. The lowest BCUT2D eigenvalue weighted by atomic mass is 10.2. The van der Waals surface area contributed by atoms with Crippen LogP contribution < -0.4 is 10.5 Å². The number of rotatable bonds is 6. The molecule has 0 atom stereocenters. The number of nitrogens with one attached hydrogen (secondary N) is 1. The Morgan fingerprint density at radius 1 is 1.29 bits per heavy atom. The predicted octanol–water partition coefficient (Wildman–Crippen LogP) is 1.64. The van der Waals surface area contributed by atoms with Crippen molar-refractivity contribution in [1.82, 2.24) is 9.88 Å². The van der Waals surface area contributed by atoms with Crippen molar-refractivity contribution in [3.63, 3.8) is 0 Å². The van der Waals surface area contributed by atoms with Crippen LogP contribution in [-0.4, -0.2) is 31.2 Å². The van der Waals surface area contributed by atoms with Crippen molar-refractivity contribution in [2.75, 3.05) is 12.3 Å². The molecule has 0 aliphatic rings. The molecule has 1 amide bonds. The highest BCUT2D eigenvalue weighted by Crippen LogP contribution is 2.22. The molecule has 2 aromatic rings. The second-order valence-corrected chi connectivity index (χ2v) is 7.28. The van der Waals surface area contributed by atoms with Gasteiger partial charge in [-0.2, -0.15) is 0 Å². The van der Waals surface area contributed by atoms with Crippen molar-refractivity contribution < 1.29 is 17.6 Å². The van der Waals surface area contributed by atoms with E-state index in [0.29, 0.717) is 16.9 Å². The number of benzene rings is 1. The number of amides is 1. The first-order valence-corrected chi connectivity index (χ1v) is 9.15. The van der Waals surface area contributed by atoms with Gasteiger partial charge in [-0.15, -0.1) is 0 Å². The monoisotopic (exact) mass is 353 g/mol. The Morgan fingerprint density at radius 2 is 1.96 bits per heavy atom. The zero-order chi connectivity index (χ0) is 17.9. The summed E-state index contributed by atoms with van der Waals surface area (Å²) < 4.78 is 37.4. The highest BCUT2D eigenvalue weighted by atomic mass is 32.2. The van der Waals surface area contributed by atoms with Crippen LogP contribution in [0.15, 0.2) is 30.3 Å². The van der Waals surface area contributed by atoms with Crippen LogP contribution in [0.25, 0.3) is 5.69 Å². The number of nitrogens with zero attached hydrogens (tertiary/aromatic N) is 1. The van der Waals surface area contributed by atoms with E-state index in [2.05, 4.69) is 5.32 Å². The smallest absolute Gasteiger partial charge is 0.253 e. The third kappa shape index (κ3) is 4.21. The number of primary sulfonamides is 1. The van der Waals surface area contributed by atoms with Crippen LogP contribution in [0, 0.1) is 19.7 Å². The lowest BCUT2D eigenvalue weighted by Crippen LogP contribution is -2.27. The summed E-state index contributed by atoms with van der Waals surface area (Å²) in [5.74, 6) is -0.902. The van der Waals surface area contributed by atoms with Gasteiger partial charge in [-0.05, 0) is 38.5 Å². The quantitative estimate of drug-likeness (QED) is 0.773. The molecule has 8 heteroatoms. The van der Waals surface area contributed by atoms with Gasteiger partial charge in [0.25, 0.3) is 5.91 Å². The van der Waals surface area contributed by atoms with Crippen molar-refractivity contribution in [2.45, 2.75) is 20.3 Å². The molecule has 0 unspecified atom stereocenters. The molecule has 0 bridgehead atoms. The topological polar surface area (TPSA) is 94.2 Å². The molecule has 0 fully saturated rings. The normalized spacial score (nSPS) is 11.5. The SMILES string of the molecule is Cc1cc(C(=O)NCCCS(N)(=O)=O)c(C)n1-c1ccccc1F. The van der Waals surface area contributed by atoms with Crippen LogP contribution in [0.5, 0.6) is 0 Å². The Kier molecular flexibility index (Phi) is 5.40. The van der Waals surface area contributed by atoms with Gasteiger partial charge in [0.05, 0.1) is 17.0 Å². The molecule has 1 aromatic carbocycles. The van der Waals surface area contributed by atoms with E-state index >= 15 is 0 Å². The standard InChI is InChI=1S/C16H20FN3O3S/c1-11-10-13(16(21)19-8-5-9-24(18,22)23)12(2)20(11)15-7-4-3-6-14(15)17/h3-4,6-7,10H,5,8-9H2,1-2H3,(H,19,21)(H2,18,22,23). The maximum Gasteiger partial charge on any atom is 0.253 e. The molecule has 0 spiro atoms. The van der Waals surface area contributed by atoms with Crippen LogP contribution in [0.4, 0.5) is 4.39 Å². The highest BCUT2D eigenvalue weighted by molar-refractivity contribution is 7.89. The van der Waals surface area contributed by atoms with Gasteiger partial charge in [-0.1, -0.05) is 12.1 Å².